The highest BCUT2D eigenvalue weighted by atomic mass is 16.4. The van der Waals surface area contributed by atoms with E-state index in [1.807, 2.05) is 0 Å². The van der Waals surface area contributed by atoms with Crippen LogP contribution in [-0.4, -0.2) is 11.1 Å². The number of carboxylic acid groups (broad SMARTS) is 1. The third kappa shape index (κ3) is 4.02. The molecule has 0 aliphatic rings. The fourth-order valence-corrected chi connectivity index (χ4v) is 1.11. The number of carboxylic acids is 1. The summed E-state index contributed by atoms with van der Waals surface area (Å²) in [4.78, 5) is 10.5. The Labute approximate surface area is 92.4 Å². The van der Waals surface area contributed by atoms with E-state index in [1.54, 1.807) is 19.9 Å². The Bertz CT molecular complexity index is 330. The lowest BCUT2D eigenvalue weighted by molar-refractivity contribution is -0.269. The molecule has 0 unspecified atom stereocenters. The molecule has 0 aromatic heterocycles. The standard InChI is InChI=1S/C9H10O3.3CH4/c1-5-3-6(2)8(10)7(4-5)9(11)12;;;/h3-4,10H,1-2H3,(H,11,12);3*1H4/p-1. The normalized spacial score (nSPS) is 7.87. The number of hydrogen-bond donors (Lipinski definition) is 1. The summed E-state index contributed by atoms with van der Waals surface area (Å²) < 4.78 is 0. The number of carbonyl (C=O) groups is 1. The molecule has 0 saturated heterocycles. The van der Waals surface area contributed by atoms with Crippen molar-refractivity contribution in [2.75, 3.05) is 0 Å². The van der Waals surface area contributed by atoms with Gasteiger partial charge in [-0.1, -0.05) is 45.2 Å². The molecule has 0 aliphatic heterocycles. The van der Waals surface area contributed by atoms with Gasteiger partial charge in [0.2, 0.25) is 0 Å². The first-order valence-corrected chi connectivity index (χ1v) is 3.54. The first kappa shape index (κ1) is 19.1. The molecule has 0 bridgehead atoms. The predicted octanol–water partition coefficient (Wildman–Crippen LogP) is 2.98. The zero-order valence-corrected chi connectivity index (χ0v) is 6.92. The molecular formula is C12H21O3-. The van der Waals surface area contributed by atoms with E-state index in [9.17, 15) is 9.90 Å². The highest BCUT2D eigenvalue weighted by Crippen LogP contribution is 2.20. The van der Waals surface area contributed by atoms with Crippen molar-refractivity contribution in [3.63, 3.8) is 0 Å². The van der Waals surface area contributed by atoms with E-state index < -0.39 is 11.7 Å². The number of rotatable bonds is 1. The molecule has 0 atom stereocenters. The minimum Gasteiger partial charge on any atom is -0.872 e. The third-order valence-electron chi connectivity index (χ3n) is 1.65. The van der Waals surface area contributed by atoms with Crippen molar-refractivity contribution >= 4 is 5.97 Å². The molecule has 3 nitrogen and oxygen atoms in total. The molecule has 15 heavy (non-hydrogen) atoms. The summed E-state index contributed by atoms with van der Waals surface area (Å²) in [7, 11) is 0. The van der Waals surface area contributed by atoms with Gasteiger partial charge in [0.25, 0.3) is 0 Å². The smallest absolute Gasteiger partial charge is 0.335 e. The van der Waals surface area contributed by atoms with Gasteiger partial charge in [0.1, 0.15) is 0 Å². The first-order valence-electron chi connectivity index (χ1n) is 3.54. The van der Waals surface area contributed by atoms with Crippen LogP contribution in [0, 0.1) is 13.8 Å². The van der Waals surface area contributed by atoms with E-state index in [-0.39, 0.29) is 27.8 Å². The second-order valence-electron chi connectivity index (χ2n) is 2.76. The molecule has 3 heteroatoms. The fourth-order valence-electron chi connectivity index (χ4n) is 1.11. The van der Waals surface area contributed by atoms with Gasteiger partial charge >= 0.3 is 5.97 Å². The maximum atomic E-state index is 11.2. The van der Waals surface area contributed by atoms with Crippen LogP contribution in [0.15, 0.2) is 12.1 Å². The van der Waals surface area contributed by atoms with Gasteiger partial charge in [-0.25, -0.2) is 4.79 Å². The zero-order valence-electron chi connectivity index (χ0n) is 6.92. The van der Waals surface area contributed by atoms with Crippen molar-refractivity contribution < 1.29 is 15.0 Å². The van der Waals surface area contributed by atoms with Gasteiger partial charge in [-0.15, -0.1) is 0 Å². The van der Waals surface area contributed by atoms with Crippen molar-refractivity contribution in [3.8, 4) is 5.75 Å². The van der Waals surface area contributed by atoms with Crippen LogP contribution in [0.1, 0.15) is 43.8 Å². The van der Waals surface area contributed by atoms with E-state index in [4.69, 9.17) is 5.11 Å². The van der Waals surface area contributed by atoms with Crippen LogP contribution in [0.2, 0.25) is 0 Å². The minimum atomic E-state index is -1.16. The van der Waals surface area contributed by atoms with Crippen LogP contribution in [-0.2, 0) is 0 Å². The van der Waals surface area contributed by atoms with Crippen molar-refractivity contribution in [1.82, 2.24) is 0 Å². The molecule has 88 valence electrons. The molecule has 1 aromatic carbocycles. The van der Waals surface area contributed by atoms with E-state index in [1.165, 1.54) is 6.07 Å². The van der Waals surface area contributed by atoms with Crippen LogP contribution in [0.5, 0.6) is 5.75 Å². The maximum absolute atomic E-state index is 11.2. The average molecular weight is 213 g/mol. The van der Waals surface area contributed by atoms with E-state index in [2.05, 4.69) is 0 Å². The highest BCUT2D eigenvalue weighted by molar-refractivity contribution is 5.91. The topological polar surface area (TPSA) is 60.4 Å². The average Bonchev–Trinajstić information content (AvgIpc) is 1.96. The summed E-state index contributed by atoms with van der Waals surface area (Å²) in [5, 5.41) is 19.8. The number of aryl methyl sites for hydroxylation is 2. The summed E-state index contributed by atoms with van der Waals surface area (Å²) in [6.07, 6.45) is 0. The first-order chi connectivity index (χ1) is 5.52. The SMILES string of the molecule is C.C.C.Cc1cc(C)c([O-])c(C(=O)O)c1. The maximum Gasteiger partial charge on any atom is 0.335 e. The molecule has 0 saturated carbocycles. The van der Waals surface area contributed by atoms with E-state index >= 15 is 0 Å². The lowest BCUT2D eigenvalue weighted by Crippen LogP contribution is -2.06. The summed E-state index contributed by atoms with van der Waals surface area (Å²) in [6.45, 7) is 3.38. The van der Waals surface area contributed by atoms with Crippen molar-refractivity contribution in [1.29, 1.82) is 0 Å². The Morgan fingerprint density at radius 3 is 2.07 bits per heavy atom. The minimum absolute atomic E-state index is 0. The molecule has 1 N–H and O–H groups in total. The van der Waals surface area contributed by atoms with Gasteiger partial charge in [0.15, 0.2) is 0 Å². The second-order valence-corrected chi connectivity index (χ2v) is 2.76. The number of hydrogen-bond acceptors (Lipinski definition) is 2. The summed E-state index contributed by atoms with van der Waals surface area (Å²) in [5.74, 6) is -1.56. The highest BCUT2D eigenvalue weighted by Gasteiger charge is 2.05. The third-order valence-corrected chi connectivity index (χ3v) is 1.65. The van der Waals surface area contributed by atoms with Gasteiger partial charge in [-0.3, -0.25) is 0 Å². The van der Waals surface area contributed by atoms with Crippen LogP contribution in [0.4, 0.5) is 0 Å². The molecule has 1 rings (SSSR count). The Kier molecular flexibility index (Phi) is 8.76. The van der Waals surface area contributed by atoms with Gasteiger partial charge in [0.05, 0.1) is 5.56 Å². The zero-order chi connectivity index (χ0) is 9.30. The number of benzene rings is 1. The lowest BCUT2D eigenvalue weighted by Gasteiger charge is -2.14. The van der Waals surface area contributed by atoms with Gasteiger partial charge < -0.3 is 10.2 Å². The molecule has 0 spiro atoms. The van der Waals surface area contributed by atoms with Gasteiger partial charge in [0, 0.05) is 0 Å². The Morgan fingerprint density at radius 2 is 1.67 bits per heavy atom. The Morgan fingerprint density at radius 1 is 1.20 bits per heavy atom. The summed E-state index contributed by atoms with van der Waals surface area (Å²) in [6, 6.07) is 3.06. The molecule has 0 radical (unpaired) electrons. The number of aromatic carboxylic acids is 1. The molecule has 0 fully saturated rings. The molecule has 0 aliphatic carbocycles. The van der Waals surface area contributed by atoms with Crippen molar-refractivity contribution in [2.24, 2.45) is 0 Å². The largest absolute Gasteiger partial charge is 0.872 e. The van der Waals surface area contributed by atoms with E-state index in [0.717, 1.165) is 5.56 Å². The monoisotopic (exact) mass is 213 g/mol. The molecule has 0 amide bonds. The van der Waals surface area contributed by atoms with Crippen LogP contribution < -0.4 is 5.11 Å². The summed E-state index contributed by atoms with van der Waals surface area (Å²) >= 11 is 0. The fraction of sp³-hybridized carbons (Fsp3) is 0.417. The predicted molar refractivity (Wildman–Crippen MR) is 62.5 cm³/mol. The Balaban J connectivity index is -0.000000480. The van der Waals surface area contributed by atoms with E-state index in [0.29, 0.717) is 5.56 Å². The quantitative estimate of drug-likeness (QED) is 0.780. The Hall–Kier alpha value is -1.51. The molecule has 0 heterocycles. The molecule has 1 aromatic rings. The molecular weight excluding hydrogens is 192 g/mol. The summed E-state index contributed by atoms with van der Waals surface area (Å²) in [5.41, 5.74) is 1.13. The van der Waals surface area contributed by atoms with Crippen LogP contribution in [0.3, 0.4) is 0 Å². The second kappa shape index (κ2) is 6.87. The van der Waals surface area contributed by atoms with Gasteiger partial charge in [-0.05, 0) is 19.9 Å². The van der Waals surface area contributed by atoms with Crippen LogP contribution >= 0.6 is 0 Å². The van der Waals surface area contributed by atoms with Crippen molar-refractivity contribution in [2.45, 2.75) is 36.1 Å². The van der Waals surface area contributed by atoms with Gasteiger partial charge in [-0.2, -0.15) is 0 Å². The van der Waals surface area contributed by atoms with Crippen molar-refractivity contribution in [3.05, 3.63) is 28.8 Å². The lowest BCUT2D eigenvalue weighted by atomic mass is 10.1. The van der Waals surface area contributed by atoms with Crippen LogP contribution in [0.25, 0.3) is 0 Å².